The molecule has 0 aliphatic rings. The van der Waals surface area contributed by atoms with Gasteiger partial charge >= 0.3 is 0 Å². The van der Waals surface area contributed by atoms with E-state index in [0.29, 0.717) is 0 Å². The van der Waals surface area contributed by atoms with Crippen LogP contribution in [-0.4, -0.2) is 6.54 Å². The first kappa shape index (κ1) is 15.5. The Labute approximate surface area is 139 Å². The molecule has 0 spiro atoms. The van der Waals surface area contributed by atoms with Crippen molar-refractivity contribution in [3.8, 4) is 0 Å². The number of hydrogen-bond acceptors (Lipinski definition) is 2. The quantitative estimate of drug-likeness (QED) is 0.642. The summed E-state index contributed by atoms with van der Waals surface area (Å²) in [7, 11) is 0. The molecule has 0 fully saturated rings. The molecule has 1 aromatic heterocycles. The number of thiophene rings is 1. The molecule has 0 aliphatic heterocycles. The second-order valence-electron chi connectivity index (χ2n) is 4.22. The molecular weight excluding hydrogens is 409 g/mol. The maximum Gasteiger partial charge on any atom is 0.0888 e. The third kappa shape index (κ3) is 3.42. The van der Waals surface area contributed by atoms with Crippen molar-refractivity contribution in [1.29, 1.82) is 0 Å². The van der Waals surface area contributed by atoms with Crippen LogP contribution in [0.1, 0.15) is 29.0 Å². The van der Waals surface area contributed by atoms with Crippen molar-refractivity contribution in [1.82, 2.24) is 5.32 Å². The molecule has 0 saturated heterocycles. The average Bonchev–Trinajstić information content (AvgIpc) is 2.70. The molecule has 1 N–H and O–H groups in total. The van der Waals surface area contributed by atoms with Crippen LogP contribution in [0.5, 0.6) is 0 Å². The lowest BCUT2D eigenvalue weighted by Crippen LogP contribution is -2.22. The summed E-state index contributed by atoms with van der Waals surface area (Å²) in [4.78, 5) is 1.22. The van der Waals surface area contributed by atoms with Gasteiger partial charge in [-0.25, -0.2) is 0 Å². The van der Waals surface area contributed by atoms with Crippen molar-refractivity contribution in [2.75, 3.05) is 6.54 Å². The molecular formula is C14H14Br2ClNS. The minimum atomic E-state index is 0.177. The molecule has 19 heavy (non-hydrogen) atoms. The van der Waals surface area contributed by atoms with Gasteiger partial charge in [0.1, 0.15) is 0 Å². The number of halogens is 3. The van der Waals surface area contributed by atoms with E-state index in [1.807, 2.05) is 6.07 Å². The number of nitrogens with one attached hydrogen (secondary N) is 1. The molecule has 0 amide bonds. The smallest absolute Gasteiger partial charge is 0.0888 e. The van der Waals surface area contributed by atoms with Crippen molar-refractivity contribution >= 4 is 54.8 Å². The van der Waals surface area contributed by atoms with E-state index in [1.165, 1.54) is 16.0 Å². The Morgan fingerprint density at radius 2 is 2.11 bits per heavy atom. The van der Waals surface area contributed by atoms with Crippen LogP contribution in [0.4, 0.5) is 0 Å². The maximum absolute atomic E-state index is 6.16. The van der Waals surface area contributed by atoms with Crippen LogP contribution in [0.2, 0.25) is 5.02 Å². The van der Waals surface area contributed by atoms with Gasteiger partial charge in [-0.2, -0.15) is 0 Å². The molecule has 1 nitrogen and oxygen atoms in total. The Kier molecular flexibility index (Phi) is 5.49. The Balaban J connectivity index is 2.48. The van der Waals surface area contributed by atoms with E-state index in [4.69, 9.17) is 11.6 Å². The standard InChI is InChI=1S/C14H14Br2ClNS/c1-3-18-13(12-7-11(17)14(16)19-12)9-5-4-6-10(15)8(9)2/h4-7,13,18H,3H2,1-2H3. The van der Waals surface area contributed by atoms with Crippen LogP contribution in [0.15, 0.2) is 32.5 Å². The van der Waals surface area contributed by atoms with Gasteiger partial charge in [0.05, 0.1) is 14.9 Å². The van der Waals surface area contributed by atoms with Crippen LogP contribution in [0, 0.1) is 6.92 Å². The first-order chi connectivity index (χ1) is 9.04. The summed E-state index contributed by atoms with van der Waals surface area (Å²) in [6.07, 6.45) is 0. The van der Waals surface area contributed by atoms with E-state index >= 15 is 0 Å². The van der Waals surface area contributed by atoms with E-state index in [0.717, 1.165) is 19.8 Å². The normalized spacial score (nSPS) is 12.7. The lowest BCUT2D eigenvalue weighted by molar-refractivity contribution is 0.636. The van der Waals surface area contributed by atoms with E-state index in [9.17, 15) is 0 Å². The summed E-state index contributed by atoms with van der Waals surface area (Å²) in [5.41, 5.74) is 2.54. The van der Waals surface area contributed by atoms with Gasteiger partial charge in [-0.3, -0.25) is 0 Å². The van der Waals surface area contributed by atoms with Gasteiger partial charge in [-0.05, 0) is 52.7 Å². The predicted octanol–water partition coefficient (Wildman–Crippen LogP) is 5.93. The van der Waals surface area contributed by atoms with Crippen molar-refractivity contribution in [3.63, 3.8) is 0 Å². The monoisotopic (exact) mass is 421 g/mol. The van der Waals surface area contributed by atoms with Crippen molar-refractivity contribution in [2.45, 2.75) is 19.9 Å². The molecule has 0 aliphatic carbocycles. The van der Waals surface area contributed by atoms with Gasteiger partial charge in [0.2, 0.25) is 0 Å². The van der Waals surface area contributed by atoms with E-state index < -0.39 is 0 Å². The third-order valence-corrected chi connectivity index (χ3v) is 6.38. The van der Waals surface area contributed by atoms with E-state index in [1.54, 1.807) is 11.3 Å². The second kappa shape index (κ2) is 6.72. The molecule has 2 rings (SSSR count). The largest absolute Gasteiger partial charge is 0.306 e. The van der Waals surface area contributed by atoms with Crippen LogP contribution >= 0.6 is 54.8 Å². The van der Waals surface area contributed by atoms with E-state index in [-0.39, 0.29) is 6.04 Å². The Bertz CT molecular complexity index is 563. The fourth-order valence-corrected chi connectivity index (χ4v) is 4.23. The minimum absolute atomic E-state index is 0.177. The second-order valence-corrected chi connectivity index (χ2v) is 7.88. The van der Waals surface area contributed by atoms with Crippen molar-refractivity contribution in [3.05, 3.63) is 53.6 Å². The molecule has 1 unspecified atom stereocenters. The molecule has 0 saturated carbocycles. The number of rotatable bonds is 4. The summed E-state index contributed by atoms with van der Waals surface area (Å²) in [5, 5.41) is 4.31. The fourth-order valence-electron chi connectivity index (χ4n) is 2.01. The van der Waals surface area contributed by atoms with Gasteiger partial charge < -0.3 is 5.32 Å². The molecule has 102 valence electrons. The molecule has 0 radical (unpaired) electrons. The summed E-state index contributed by atoms with van der Waals surface area (Å²) in [6, 6.07) is 8.51. The first-order valence-corrected chi connectivity index (χ1v) is 8.75. The Hall–Kier alpha value is 0.130. The number of benzene rings is 1. The van der Waals surface area contributed by atoms with Gasteiger partial charge in [0.25, 0.3) is 0 Å². The minimum Gasteiger partial charge on any atom is -0.306 e. The summed E-state index contributed by atoms with van der Waals surface area (Å²) < 4.78 is 2.12. The first-order valence-electron chi connectivity index (χ1n) is 5.97. The van der Waals surface area contributed by atoms with Gasteiger partial charge in [-0.15, -0.1) is 11.3 Å². The predicted molar refractivity (Wildman–Crippen MR) is 91.4 cm³/mol. The highest BCUT2D eigenvalue weighted by molar-refractivity contribution is 9.11. The zero-order valence-electron chi connectivity index (χ0n) is 10.6. The molecule has 1 aromatic carbocycles. The highest BCUT2D eigenvalue weighted by Gasteiger charge is 2.19. The van der Waals surface area contributed by atoms with E-state index in [2.05, 4.69) is 69.2 Å². The highest BCUT2D eigenvalue weighted by atomic mass is 79.9. The van der Waals surface area contributed by atoms with Crippen LogP contribution in [0.25, 0.3) is 0 Å². The van der Waals surface area contributed by atoms with Crippen molar-refractivity contribution in [2.24, 2.45) is 0 Å². The van der Waals surface area contributed by atoms with Crippen LogP contribution in [0.3, 0.4) is 0 Å². The molecule has 5 heteroatoms. The molecule has 2 aromatic rings. The lowest BCUT2D eigenvalue weighted by Gasteiger charge is -2.19. The average molecular weight is 424 g/mol. The molecule has 1 atom stereocenters. The third-order valence-electron chi connectivity index (χ3n) is 2.98. The maximum atomic E-state index is 6.16. The molecule has 1 heterocycles. The zero-order valence-corrected chi connectivity index (χ0v) is 15.4. The fraction of sp³-hybridized carbons (Fsp3) is 0.286. The Morgan fingerprint density at radius 3 is 2.68 bits per heavy atom. The van der Waals surface area contributed by atoms with Gasteiger partial charge in [0, 0.05) is 9.35 Å². The lowest BCUT2D eigenvalue weighted by atomic mass is 10.00. The molecule has 0 bridgehead atoms. The zero-order chi connectivity index (χ0) is 14.0. The summed E-state index contributed by atoms with van der Waals surface area (Å²) in [6.45, 7) is 5.16. The van der Waals surface area contributed by atoms with Gasteiger partial charge in [-0.1, -0.05) is 46.6 Å². The number of hydrogen-bond donors (Lipinski definition) is 1. The van der Waals surface area contributed by atoms with Crippen LogP contribution in [-0.2, 0) is 0 Å². The van der Waals surface area contributed by atoms with Gasteiger partial charge in [0.15, 0.2) is 0 Å². The SMILES string of the molecule is CCNC(c1cc(Cl)c(Br)s1)c1cccc(Br)c1C. The van der Waals surface area contributed by atoms with Crippen molar-refractivity contribution < 1.29 is 0 Å². The van der Waals surface area contributed by atoms with Crippen LogP contribution < -0.4 is 5.32 Å². The summed E-state index contributed by atoms with van der Waals surface area (Å²) in [5.74, 6) is 0. The highest BCUT2D eigenvalue weighted by Crippen LogP contribution is 2.38. The Morgan fingerprint density at radius 1 is 1.37 bits per heavy atom. The topological polar surface area (TPSA) is 12.0 Å². The summed E-state index contributed by atoms with van der Waals surface area (Å²) >= 11 is 14.9.